The standard InChI is InChI=1S/C45H50N2O6/c1-7-51-41(52-8-2)30-46(28-33-18-15-17-31-16-9-10-19-35(31)33)29-40(43(48)32-24-26-34(27-25-32)53-45(3,4)5)47(44(49)50-6)42-38-22-13-11-20-36(38)37-21-12-14-23-39(37)42/h9-27,40-42H,7-8,28-30H2,1-6H3. The highest BCUT2D eigenvalue weighted by atomic mass is 16.7. The number of benzene rings is 5. The maximum atomic E-state index is 15.1. The zero-order chi connectivity index (χ0) is 37.5. The Bertz CT molecular complexity index is 1960. The Morgan fingerprint density at radius 2 is 1.30 bits per heavy atom. The molecule has 1 aliphatic carbocycles. The molecule has 0 saturated carbocycles. The lowest BCUT2D eigenvalue weighted by atomic mass is 9.96. The number of hydrogen-bond acceptors (Lipinski definition) is 7. The molecule has 0 saturated heterocycles. The predicted molar refractivity (Wildman–Crippen MR) is 209 cm³/mol. The summed E-state index contributed by atoms with van der Waals surface area (Å²) in [5.41, 5.74) is 5.07. The fraction of sp³-hybridized carbons (Fsp3) is 0.333. The molecule has 0 spiro atoms. The first-order valence-corrected chi connectivity index (χ1v) is 18.4. The van der Waals surface area contributed by atoms with Crippen LogP contribution in [-0.4, -0.2) is 73.0 Å². The number of carbonyl (C=O) groups is 2. The molecule has 6 rings (SSSR count). The van der Waals surface area contributed by atoms with Gasteiger partial charge in [0, 0.05) is 38.4 Å². The molecule has 0 N–H and O–H groups in total. The van der Waals surface area contributed by atoms with Gasteiger partial charge in [0.1, 0.15) is 17.4 Å². The molecule has 0 aromatic heterocycles. The average Bonchev–Trinajstić information content (AvgIpc) is 3.48. The van der Waals surface area contributed by atoms with Gasteiger partial charge in [0.05, 0.1) is 13.2 Å². The molecular formula is C45H50N2O6. The van der Waals surface area contributed by atoms with Crippen LogP contribution in [0.1, 0.15) is 67.7 Å². The van der Waals surface area contributed by atoms with Crippen molar-refractivity contribution >= 4 is 22.6 Å². The molecule has 0 radical (unpaired) electrons. The third-order valence-electron chi connectivity index (χ3n) is 9.48. The van der Waals surface area contributed by atoms with Gasteiger partial charge >= 0.3 is 6.09 Å². The molecule has 1 unspecified atom stereocenters. The maximum absolute atomic E-state index is 15.1. The number of hydrogen-bond donors (Lipinski definition) is 0. The lowest BCUT2D eigenvalue weighted by Crippen LogP contribution is -2.53. The molecule has 5 aromatic rings. The first-order valence-electron chi connectivity index (χ1n) is 18.4. The van der Waals surface area contributed by atoms with Crippen LogP contribution in [0.3, 0.4) is 0 Å². The molecule has 8 nitrogen and oxygen atoms in total. The zero-order valence-corrected chi connectivity index (χ0v) is 31.6. The molecule has 8 heteroatoms. The van der Waals surface area contributed by atoms with Crippen LogP contribution in [0.2, 0.25) is 0 Å². The van der Waals surface area contributed by atoms with Crippen molar-refractivity contribution in [3.8, 4) is 16.9 Å². The van der Waals surface area contributed by atoms with Crippen molar-refractivity contribution in [1.29, 1.82) is 0 Å². The number of methoxy groups -OCH3 is 1. The van der Waals surface area contributed by atoms with E-state index < -0.39 is 30.1 Å². The monoisotopic (exact) mass is 714 g/mol. The van der Waals surface area contributed by atoms with E-state index in [1.807, 2.05) is 95.3 Å². The van der Waals surface area contributed by atoms with E-state index in [1.54, 1.807) is 17.0 Å². The number of ether oxygens (including phenoxy) is 4. The molecule has 53 heavy (non-hydrogen) atoms. The zero-order valence-electron chi connectivity index (χ0n) is 31.6. The Labute approximate surface area is 313 Å². The SMILES string of the molecule is CCOC(CN(Cc1cccc2ccccc12)CC(C(=O)c1ccc(OC(C)(C)C)cc1)N(C(=O)OC)C1c2ccccc2-c2ccccc21)OCC. The molecule has 0 heterocycles. The Morgan fingerprint density at radius 1 is 0.717 bits per heavy atom. The molecule has 0 fully saturated rings. The van der Waals surface area contributed by atoms with Gasteiger partial charge in [-0.3, -0.25) is 14.6 Å². The van der Waals surface area contributed by atoms with Gasteiger partial charge in [0.2, 0.25) is 0 Å². The number of amides is 1. The molecule has 5 aromatic carbocycles. The largest absolute Gasteiger partial charge is 0.488 e. The number of nitrogens with zero attached hydrogens (tertiary/aromatic N) is 2. The van der Waals surface area contributed by atoms with E-state index in [0.29, 0.717) is 37.6 Å². The van der Waals surface area contributed by atoms with Crippen LogP contribution in [0.25, 0.3) is 21.9 Å². The second kappa shape index (κ2) is 16.8. The molecular weight excluding hydrogens is 665 g/mol. The van der Waals surface area contributed by atoms with Crippen molar-refractivity contribution in [2.24, 2.45) is 0 Å². The van der Waals surface area contributed by atoms with E-state index >= 15 is 4.79 Å². The van der Waals surface area contributed by atoms with Crippen molar-refractivity contribution in [3.05, 3.63) is 138 Å². The third kappa shape index (κ3) is 8.62. The molecule has 1 atom stereocenters. The summed E-state index contributed by atoms with van der Waals surface area (Å²) in [6.45, 7) is 11.8. The van der Waals surface area contributed by atoms with Crippen molar-refractivity contribution in [3.63, 3.8) is 0 Å². The summed E-state index contributed by atoms with van der Waals surface area (Å²) in [6, 6.07) is 36.3. The van der Waals surface area contributed by atoms with Crippen molar-refractivity contribution in [2.75, 3.05) is 33.4 Å². The minimum absolute atomic E-state index is 0.175. The second-order valence-corrected chi connectivity index (χ2v) is 14.2. The lowest BCUT2D eigenvalue weighted by molar-refractivity contribution is -0.148. The van der Waals surface area contributed by atoms with Crippen LogP contribution < -0.4 is 4.74 Å². The van der Waals surface area contributed by atoms with E-state index in [2.05, 4.69) is 47.4 Å². The summed E-state index contributed by atoms with van der Waals surface area (Å²) in [4.78, 5) is 33.3. The fourth-order valence-electron chi connectivity index (χ4n) is 7.33. The number of ketones is 1. The Morgan fingerprint density at radius 3 is 1.91 bits per heavy atom. The van der Waals surface area contributed by atoms with Crippen LogP contribution >= 0.6 is 0 Å². The summed E-state index contributed by atoms with van der Waals surface area (Å²) < 4.78 is 23.8. The normalized spacial score (nSPS) is 13.2. The fourth-order valence-corrected chi connectivity index (χ4v) is 7.33. The molecule has 276 valence electrons. The summed E-state index contributed by atoms with van der Waals surface area (Å²) in [6.07, 6.45) is -1.15. The lowest BCUT2D eigenvalue weighted by Gasteiger charge is -2.39. The Hall–Kier alpha value is -5.02. The van der Waals surface area contributed by atoms with E-state index in [4.69, 9.17) is 18.9 Å². The highest BCUT2D eigenvalue weighted by molar-refractivity contribution is 6.02. The second-order valence-electron chi connectivity index (χ2n) is 14.2. The summed E-state index contributed by atoms with van der Waals surface area (Å²) in [5.74, 6) is 0.440. The summed E-state index contributed by atoms with van der Waals surface area (Å²) in [5, 5.41) is 2.24. The smallest absolute Gasteiger partial charge is 0.410 e. The van der Waals surface area contributed by atoms with Gasteiger partial charge in [0.25, 0.3) is 0 Å². The first-order chi connectivity index (χ1) is 25.6. The van der Waals surface area contributed by atoms with Crippen molar-refractivity contribution in [2.45, 2.75) is 65.1 Å². The molecule has 1 aliphatic rings. The maximum Gasteiger partial charge on any atom is 0.410 e. The molecule has 0 aliphatic heterocycles. The van der Waals surface area contributed by atoms with Gasteiger partial charge in [-0.05, 0) is 97.5 Å². The van der Waals surface area contributed by atoms with Gasteiger partial charge < -0.3 is 18.9 Å². The quantitative estimate of drug-likeness (QED) is 0.0790. The Kier molecular flexibility index (Phi) is 11.9. The van der Waals surface area contributed by atoms with Crippen LogP contribution in [-0.2, 0) is 20.8 Å². The number of fused-ring (bicyclic) bond motifs is 4. The summed E-state index contributed by atoms with van der Waals surface area (Å²) >= 11 is 0. The van der Waals surface area contributed by atoms with Crippen molar-refractivity contribution in [1.82, 2.24) is 9.80 Å². The number of Topliss-reactive ketones (excluding diaryl/α,β-unsaturated/α-hetero) is 1. The molecule has 0 bridgehead atoms. The predicted octanol–water partition coefficient (Wildman–Crippen LogP) is 9.31. The van der Waals surface area contributed by atoms with Crippen LogP contribution in [0.5, 0.6) is 5.75 Å². The van der Waals surface area contributed by atoms with Gasteiger partial charge in [-0.2, -0.15) is 0 Å². The average molecular weight is 715 g/mol. The van der Waals surface area contributed by atoms with Crippen molar-refractivity contribution < 1.29 is 28.5 Å². The van der Waals surface area contributed by atoms with Gasteiger partial charge in [-0.15, -0.1) is 0 Å². The third-order valence-corrected chi connectivity index (χ3v) is 9.48. The van der Waals surface area contributed by atoms with Crippen LogP contribution in [0.15, 0.2) is 115 Å². The van der Waals surface area contributed by atoms with Crippen LogP contribution in [0, 0.1) is 0 Å². The van der Waals surface area contributed by atoms with E-state index in [-0.39, 0.29) is 12.3 Å². The summed E-state index contributed by atoms with van der Waals surface area (Å²) in [7, 11) is 1.37. The van der Waals surface area contributed by atoms with E-state index in [0.717, 1.165) is 38.6 Å². The highest BCUT2D eigenvalue weighted by Gasteiger charge is 2.43. The highest BCUT2D eigenvalue weighted by Crippen LogP contribution is 2.47. The number of rotatable bonds is 15. The minimum Gasteiger partial charge on any atom is -0.488 e. The van der Waals surface area contributed by atoms with E-state index in [1.165, 1.54) is 7.11 Å². The number of carbonyl (C=O) groups excluding carboxylic acids is 2. The first kappa shape index (κ1) is 37.7. The van der Waals surface area contributed by atoms with Gasteiger partial charge in [-0.25, -0.2) is 4.79 Å². The Balaban J connectivity index is 1.49. The topological polar surface area (TPSA) is 77.5 Å². The van der Waals surface area contributed by atoms with Gasteiger partial charge in [-0.1, -0.05) is 91.0 Å². The minimum atomic E-state index is -0.972. The molecule has 1 amide bonds. The van der Waals surface area contributed by atoms with E-state index in [9.17, 15) is 4.79 Å². The van der Waals surface area contributed by atoms with Gasteiger partial charge in [0.15, 0.2) is 12.1 Å². The van der Waals surface area contributed by atoms with Crippen LogP contribution in [0.4, 0.5) is 4.79 Å².